The lowest BCUT2D eigenvalue weighted by Gasteiger charge is -2.27. The number of halogens is 1. The normalized spacial score (nSPS) is 21.2. The van der Waals surface area contributed by atoms with E-state index in [1.165, 1.54) is 4.31 Å². The van der Waals surface area contributed by atoms with Crippen molar-refractivity contribution < 1.29 is 8.42 Å². The van der Waals surface area contributed by atoms with Crippen LogP contribution in [0.25, 0.3) is 0 Å². The second kappa shape index (κ2) is 5.79. The van der Waals surface area contributed by atoms with E-state index in [9.17, 15) is 8.42 Å². The minimum atomic E-state index is -3.31. The molecule has 1 heterocycles. The van der Waals surface area contributed by atoms with E-state index in [1.807, 2.05) is 24.3 Å². The van der Waals surface area contributed by atoms with E-state index < -0.39 is 10.2 Å². The Morgan fingerprint density at radius 3 is 2.53 bits per heavy atom. The highest BCUT2D eigenvalue weighted by atomic mass is 35.5. The quantitative estimate of drug-likeness (QED) is 0.855. The molecule has 106 valence electrons. The van der Waals surface area contributed by atoms with Crippen LogP contribution in [0, 0.1) is 0 Å². The van der Waals surface area contributed by atoms with Crippen LogP contribution in [0.1, 0.15) is 18.4 Å². The molecule has 1 aliphatic heterocycles. The van der Waals surface area contributed by atoms with E-state index >= 15 is 0 Å². The molecule has 1 unspecified atom stereocenters. The summed E-state index contributed by atoms with van der Waals surface area (Å²) in [6.07, 6.45) is 2.57. The van der Waals surface area contributed by atoms with Crippen molar-refractivity contribution in [3.05, 3.63) is 34.9 Å². The first-order chi connectivity index (χ1) is 8.91. The Bertz CT molecular complexity index is 528. The second-order valence-corrected chi connectivity index (χ2v) is 7.56. The number of benzene rings is 1. The molecule has 0 saturated carbocycles. The SMILES string of the molecule is CN(C)S(=O)(=O)N1CCCC1Cc1ccc(Cl)cc1. The van der Waals surface area contributed by atoms with Crippen molar-refractivity contribution in [2.45, 2.75) is 25.3 Å². The Hall–Kier alpha value is -0.620. The Morgan fingerprint density at radius 2 is 1.95 bits per heavy atom. The highest BCUT2D eigenvalue weighted by Gasteiger charge is 2.35. The first-order valence-corrected chi connectivity index (χ1v) is 8.12. The number of hydrogen-bond acceptors (Lipinski definition) is 2. The fourth-order valence-electron chi connectivity index (χ4n) is 2.42. The number of hydrogen-bond donors (Lipinski definition) is 0. The Balaban J connectivity index is 2.14. The molecule has 19 heavy (non-hydrogen) atoms. The monoisotopic (exact) mass is 302 g/mol. The van der Waals surface area contributed by atoms with Crippen molar-refractivity contribution in [3.63, 3.8) is 0 Å². The van der Waals surface area contributed by atoms with Crippen molar-refractivity contribution in [1.29, 1.82) is 0 Å². The average molecular weight is 303 g/mol. The van der Waals surface area contributed by atoms with E-state index in [-0.39, 0.29) is 6.04 Å². The maximum Gasteiger partial charge on any atom is 0.281 e. The molecular weight excluding hydrogens is 284 g/mol. The summed E-state index contributed by atoms with van der Waals surface area (Å²) in [5, 5.41) is 0.702. The van der Waals surface area contributed by atoms with E-state index in [4.69, 9.17) is 11.6 Å². The van der Waals surface area contributed by atoms with Crippen LogP contribution in [-0.4, -0.2) is 43.7 Å². The maximum absolute atomic E-state index is 12.2. The van der Waals surface area contributed by atoms with Crippen molar-refractivity contribution in [1.82, 2.24) is 8.61 Å². The van der Waals surface area contributed by atoms with Gasteiger partial charge in [-0.2, -0.15) is 17.0 Å². The lowest BCUT2D eigenvalue weighted by Crippen LogP contribution is -2.43. The topological polar surface area (TPSA) is 40.6 Å². The molecule has 1 fully saturated rings. The predicted octanol–water partition coefficient (Wildman–Crippen LogP) is 2.15. The van der Waals surface area contributed by atoms with Gasteiger partial charge in [-0.25, -0.2) is 0 Å². The highest BCUT2D eigenvalue weighted by Crippen LogP contribution is 2.25. The molecule has 2 rings (SSSR count). The summed E-state index contributed by atoms with van der Waals surface area (Å²) in [5.74, 6) is 0. The molecule has 0 spiro atoms. The van der Waals surface area contributed by atoms with Crippen molar-refractivity contribution >= 4 is 21.8 Å². The first-order valence-electron chi connectivity index (χ1n) is 6.35. The fraction of sp³-hybridized carbons (Fsp3) is 0.538. The van der Waals surface area contributed by atoms with Gasteiger partial charge in [0.2, 0.25) is 0 Å². The van der Waals surface area contributed by atoms with Crippen LogP contribution in [0.5, 0.6) is 0 Å². The summed E-state index contributed by atoms with van der Waals surface area (Å²) >= 11 is 5.86. The third-order valence-corrected chi connectivity index (χ3v) is 5.71. The molecule has 0 N–H and O–H groups in total. The molecular formula is C13H19ClN2O2S. The minimum Gasteiger partial charge on any atom is -0.195 e. The van der Waals surface area contributed by atoms with Gasteiger partial charge in [0, 0.05) is 31.7 Å². The lowest BCUT2D eigenvalue weighted by atomic mass is 10.1. The molecule has 0 aliphatic carbocycles. The minimum absolute atomic E-state index is 0.0496. The van der Waals surface area contributed by atoms with Gasteiger partial charge in [0.05, 0.1) is 0 Å². The van der Waals surface area contributed by atoms with Crippen molar-refractivity contribution in [2.24, 2.45) is 0 Å². The van der Waals surface area contributed by atoms with Gasteiger partial charge in [-0.15, -0.1) is 0 Å². The number of nitrogens with zero attached hydrogens (tertiary/aromatic N) is 2. The van der Waals surface area contributed by atoms with E-state index in [0.29, 0.717) is 11.6 Å². The molecule has 0 amide bonds. The summed E-state index contributed by atoms with van der Waals surface area (Å²) < 4.78 is 27.3. The second-order valence-electron chi connectivity index (χ2n) is 5.03. The van der Waals surface area contributed by atoms with Crippen LogP contribution in [0.15, 0.2) is 24.3 Å². The predicted molar refractivity (Wildman–Crippen MR) is 77.5 cm³/mol. The lowest BCUT2D eigenvalue weighted by molar-refractivity contribution is 0.355. The van der Waals surface area contributed by atoms with Gasteiger partial charge in [-0.3, -0.25) is 0 Å². The molecule has 4 nitrogen and oxygen atoms in total. The van der Waals surface area contributed by atoms with Crippen molar-refractivity contribution in [2.75, 3.05) is 20.6 Å². The van der Waals surface area contributed by atoms with Crippen LogP contribution < -0.4 is 0 Å². The average Bonchev–Trinajstić information content (AvgIpc) is 2.80. The zero-order valence-corrected chi connectivity index (χ0v) is 12.8. The van der Waals surface area contributed by atoms with Crippen LogP contribution in [0.3, 0.4) is 0 Å². The van der Waals surface area contributed by atoms with Gasteiger partial charge in [0.25, 0.3) is 10.2 Å². The van der Waals surface area contributed by atoms with Crippen molar-refractivity contribution in [3.8, 4) is 0 Å². The molecule has 1 aromatic rings. The summed E-state index contributed by atoms with van der Waals surface area (Å²) in [7, 11) is -0.161. The van der Waals surface area contributed by atoms with Gasteiger partial charge in [0.15, 0.2) is 0 Å². The zero-order valence-electron chi connectivity index (χ0n) is 11.2. The number of rotatable bonds is 4. The van der Waals surface area contributed by atoms with Crippen LogP contribution in [-0.2, 0) is 16.6 Å². The van der Waals surface area contributed by atoms with E-state index in [2.05, 4.69) is 0 Å². The summed E-state index contributed by atoms with van der Waals surface area (Å²) in [6.45, 7) is 0.610. The van der Waals surface area contributed by atoms with Gasteiger partial charge in [-0.1, -0.05) is 23.7 Å². The Labute approximate surface area is 120 Å². The van der Waals surface area contributed by atoms with Gasteiger partial charge in [0.1, 0.15) is 0 Å². The smallest absolute Gasteiger partial charge is 0.195 e. The van der Waals surface area contributed by atoms with Crippen LogP contribution >= 0.6 is 11.6 Å². The Morgan fingerprint density at radius 1 is 1.32 bits per heavy atom. The molecule has 0 aromatic heterocycles. The van der Waals surface area contributed by atoms with Gasteiger partial charge < -0.3 is 0 Å². The molecule has 0 radical (unpaired) electrons. The Kier molecular flexibility index (Phi) is 4.50. The summed E-state index contributed by atoms with van der Waals surface area (Å²) in [6, 6.07) is 7.66. The fourth-order valence-corrected chi connectivity index (χ4v) is 3.88. The van der Waals surface area contributed by atoms with Crippen LogP contribution in [0.4, 0.5) is 0 Å². The van der Waals surface area contributed by atoms with Gasteiger partial charge in [-0.05, 0) is 37.0 Å². The van der Waals surface area contributed by atoms with E-state index in [0.717, 1.165) is 24.8 Å². The summed E-state index contributed by atoms with van der Waals surface area (Å²) in [5.41, 5.74) is 1.12. The van der Waals surface area contributed by atoms with Gasteiger partial charge >= 0.3 is 0 Å². The molecule has 1 aliphatic rings. The molecule has 0 bridgehead atoms. The molecule has 1 saturated heterocycles. The largest absolute Gasteiger partial charge is 0.281 e. The summed E-state index contributed by atoms with van der Waals surface area (Å²) in [4.78, 5) is 0. The zero-order chi connectivity index (χ0) is 14.0. The van der Waals surface area contributed by atoms with E-state index in [1.54, 1.807) is 18.4 Å². The molecule has 1 aromatic carbocycles. The third-order valence-electron chi connectivity index (χ3n) is 3.47. The van der Waals surface area contributed by atoms with Crippen LogP contribution in [0.2, 0.25) is 5.02 Å². The third kappa shape index (κ3) is 3.28. The molecule has 6 heteroatoms. The maximum atomic E-state index is 12.2. The first kappa shape index (κ1) is 14.8. The standard InChI is InChI=1S/C13H19ClN2O2S/c1-15(2)19(17,18)16-9-3-4-13(16)10-11-5-7-12(14)8-6-11/h5-8,13H,3-4,9-10H2,1-2H3. The molecule has 1 atom stereocenters. The highest BCUT2D eigenvalue weighted by molar-refractivity contribution is 7.86.